The summed E-state index contributed by atoms with van der Waals surface area (Å²) < 4.78 is 12.7. The smallest absolute Gasteiger partial charge is 0.203 e. The second-order valence-electron chi connectivity index (χ2n) is 4.64. The predicted molar refractivity (Wildman–Crippen MR) is 77.7 cm³/mol. The summed E-state index contributed by atoms with van der Waals surface area (Å²) in [6.07, 6.45) is 5.42. The van der Waals surface area contributed by atoms with Crippen molar-refractivity contribution in [2.24, 2.45) is 0 Å². The summed E-state index contributed by atoms with van der Waals surface area (Å²) in [7, 11) is 1.70. The van der Waals surface area contributed by atoms with Gasteiger partial charge in [0.25, 0.3) is 0 Å². The van der Waals surface area contributed by atoms with E-state index in [1.807, 2.05) is 6.92 Å². The minimum Gasteiger partial charge on any atom is -0.383 e. The topological polar surface area (TPSA) is 48.3 Å². The second kappa shape index (κ2) is 9.81. The van der Waals surface area contributed by atoms with Crippen LogP contribution in [0.15, 0.2) is 6.20 Å². The highest BCUT2D eigenvalue weighted by molar-refractivity contribution is 5.28. The second-order valence-corrected chi connectivity index (χ2v) is 4.64. The molecule has 1 aromatic heterocycles. The van der Waals surface area contributed by atoms with E-state index in [-0.39, 0.29) is 0 Å². The van der Waals surface area contributed by atoms with Gasteiger partial charge in [0.15, 0.2) is 0 Å². The third-order valence-electron chi connectivity index (χ3n) is 2.82. The standard InChI is InChI=1S/C14H27N3O2/c1-4-5-9-19-10-6-8-17-12-13(2)16-14(17)15-7-11-18-3/h12H,4-11H2,1-3H3,(H,15,16). The summed E-state index contributed by atoms with van der Waals surface area (Å²) in [6, 6.07) is 0. The molecule has 0 saturated heterocycles. The molecule has 0 bridgehead atoms. The third kappa shape index (κ3) is 6.59. The van der Waals surface area contributed by atoms with Crippen LogP contribution in [-0.4, -0.2) is 43.0 Å². The number of imidazole rings is 1. The molecule has 0 aromatic carbocycles. The van der Waals surface area contributed by atoms with Gasteiger partial charge in [-0.25, -0.2) is 4.98 Å². The molecule has 0 atom stereocenters. The average molecular weight is 269 g/mol. The lowest BCUT2D eigenvalue weighted by Gasteiger charge is -2.09. The minimum atomic E-state index is 0.687. The van der Waals surface area contributed by atoms with E-state index in [0.29, 0.717) is 6.61 Å². The van der Waals surface area contributed by atoms with E-state index in [2.05, 4.69) is 28.0 Å². The Morgan fingerprint density at radius 2 is 2.05 bits per heavy atom. The quantitative estimate of drug-likeness (QED) is 0.627. The Morgan fingerprint density at radius 3 is 2.79 bits per heavy atom. The third-order valence-corrected chi connectivity index (χ3v) is 2.82. The predicted octanol–water partition coefficient (Wildman–Crippen LogP) is 2.46. The van der Waals surface area contributed by atoms with Gasteiger partial charge in [0.1, 0.15) is 0 Å². The highest BCUT2D eigenvalue weighted by Gasteiger charge is 2.04. The molecule has 5 nitrogen and oxygen atoms in total. The number of hydrogen-bond donors (Lipinski definition) is 1. The SMILES string of the molecule is CCCCOCCCn1cc(C)nc1NCCOC. The molecule has 0 saturated carbocycles. The summed E-state index contributed by atoms with van der Waals surface area (Å²) in [5.41, 5.74) is 1.03. The Kier molecular flexibility index (Phi) is 8.25. The van der Waals surface area contributed by atoms with Crippen LogP contribution in [0.1, 0.15) is 31.9 Å². The lowest BCUT2D eigenvalue weighted by molar-refractivity contribution is 0.126. The zero-order valence-corrected chi connectivity index (χ0v) is 12.4. The van der Waals surface area contributed by atoms with Crippen molar-refractivity contribution in [2.45, 2.75) is 39.7 Å². The van der Waals surface area contributed by atoms with Gasteiger partial charge < -0.3 is 19.4 Å². The summed E-state index contributed by atoms with van der Waals surface area (Å²) in [5.74, 6) is 0.920. The molecule has 5 heteroatoms. The first kappa shape index (κ1) is 16.0. The Balaban J connectivity index is 2.27. The minimum absolute atomic E-state index is 0.687. The van der Waals surface area contributed by atoms with Gasteiger partial charge >= 0.3 is 0 Å². The van der Waals surface area contributed by atoms with Gasteiger partial charge in [-0.1, -0.05) is 13.3 Å². The Labute approximate surface area is 116 Å². The summed E-state index contributed by atoms with van der Waals surface area (Å²) in [4.78, 5) is 4.47. The largest absolute Gasteiger partial charge is 0.383 e. The lowest BCUT2D eigenvalue weighted by Crippen LogP contribution is -2.13. The van der Waals surface area contributed by atoms with Gasteiger partial charge in [-0.05, 0) is 19.8 Å². The summed E-state index contributed by atoms with van der Waals surface area (Å²) in [6.45, 7) is 8.27. The van der Waals surface area contributed by atoms with E-state index >= 15 is 0 Å². The number of rotatable bonds is 11. The van der Waals surface area contributed by atoms with Gasteiger partial charge in [-0.15, -0.1) is 0 Å². The van der Waals surface area contributed by atoms with Crippen LogP contribution < -0.4 is 5.32 Å². The number of ether oxygens (including phenoxy) is 2. The molecule has 0 amide bonds. The first-order chi connectivity index (χ1) is 9.27. The van der Waals surface area contributed by atoms with Crippen LogP contribution >= 0.6 is 0 Å². The number of methoxy groups -OCH3 is 1. The van der Waals surface area contributed by atoms with Crippen LogP contribution in [0.4, 0.5) is 5.95 Å². The molecule has 19 heavy (non-hydrogen) atoms. The number of aromatic nitrogens is 2. The van der Waals surface area contributed by atoms with E-state index < -0.39 is 0 Å². The zero-order valence-electron chi connectivity index (χ0n) is 12.4. The molecule has 1 N–H and O–H groups in total. The number of nitrogens with one attached hydrogen (secondary N) is 1. The Hall–Kier alpha value is -1.07. The first-order valence-electron chi connectivity index (χ1n) is 7.12. The molecule has 0 aliphatic rings. The van der Waals surface area contributed by atoms with Crippen LogP contribution in [0.25, 0.3) is 0 Å². The Morgan fingerprint density at radius 1 is 1.26 bits per heavy atom. The zero-order chi connectivity index (χ0) is 13.9. The number of aryl methyl sites for hydroxylation is 2. The number of unbranched alkanes of at least 4 members (excludes halogenated alkanes) is 1. The molecule has 1 rings (SSSR count). The molecule has 0 fully saturated rings. The van der Waals surface area contributed by atoms with Crippen molar-refractivity contribution in [3.8, 4) is 0 Å². The van der Waals surface area contributed by atoms with Crippen LogP contribution in [-0.2, 0) is 16.0 Å². The highest BCUT2D eigenvalue weighted by atomic mass is 16.5. The van der Waals surface area contributed by atoms with Crippen molar-refractivity contribution in [3.05, 3.63) is 11.9 Å². The average Bonchev–Trinajstić information content (AvgIpc) is 2.74. The van der Waals surface area contributed by atoms with Gasteiger partial charge in [-0.3, -0.25) is 0 Å². The number of anilines is 1. The van der Waals surface area contributed by atoms with Gasteiger partial charge in [0.2, 0.25) is 5.95 Å². The molecular weight excluding hydrogens is 242 g/mol. The van der Waals surface area contributed by atoms with Gasteiger partial charge in [-0.2, -0.15) is 0 Å². The molecule has 110 valence electrons. The van der Waals surface area contributed by atoms with E-state index in [9.17, 15) is 0 Å². The first-order valence-corrected chi connectivity index (χ1v) is 7.12. The maximum atomic E-state index is 5.57. The maximum absolute atomic E-state index is 5.57. The van der Waals surface area contributed by atoms with E-state index in [4.69, 9.17) is 9.47 Å². The normalized spacial score (nSPS) is 10.9. The van der Waals surface area contributed by atoms with Crippen molar-refractivity contribution in [1.29, 1.82) is 0 Å². The molecule has 0 spiro atoms. The van der Waals surface area contributed by atoms with Crippen molar-refractivity contribution in [3.63, 3.8) is 0 Å². The summed E-state index contributed by atoms with van der Waals surface area (Å²) >= 11 is 0. The highest BCUT2D eigenvalue weighted by Crippen LogP contribution is 2.09. The van der Waals surface area contributed by atoms with Crippen molar-refractivity contribution in [1.82, 2.24) is 9.55 Å². The number of nitrogens with zero attached hydrogens (tertiary/aromatic N) is 2. The molecule has 0 aliphatic heterocycles. The van der Waals surface area contributed by atoms with Crippen molar-refractivity contribution in [2.75, 3.05) is 38.8 Å². The van der Waals surface area contributed by atoms with Gasteiger partial charge in [0, 0.05) is 39.6 Å². The van der Waals surface area contributed by atoms with Crippen molar-refractivity contribution >= 4 is 5.95 Å². The lowest BCUT2D eigenvalue weighted by atomic mass is 10.3. The monoisotopic (exact) mass is 269 g/mol. The maximum Gasteiger partial charge on any atom is 0.203 e. The fourth-order valence-corrected chi connectivity index (χ4v) is 1.81. The fourth-order valence-electron chi connectivity index (χ4n) is 1.81. The molecule has 1 aromatic rings. The van der Waals surface area contributed by atoms with Gasteiger partial charge in [0.05, 0.1) is 12.3 Å². The number of hydrogen-bond acceptors (Lipinski definition) is 4. The van der Waals surface area contributed by atoms with Crippen LogP contribution in [0.5, 0.6) is 0 Å². The van der Waals surface area contributed by atoms with Crippen LogP contribution in [0.3, 0.4) is 0 Å². The van der Waals surface area contributed by atoms with E-state index in [1.165, 1.54) is 6.42 Å². The van der Waals surface area contributed by atoms with Crippen LogP contribution in [0.2, 0.25) is 0 Å². The molecule has 0 radical (unpaired) electrons. The Bertz CT molecular complexity index is 339. The molecule has 1 heterocycles. The van der Waals surface area contributed by atoms with Crippen LogP contribution in [0, 0.1) is 6.92 Å². The summed E-state index contributed by atoms with van der Waals surface area (Å²) in [5, 5.41) is 3.28. The molecule has 0 unspecified atom stereocenters. The van der Waals surface area contributed by atoms with E-state index in [0.717, 1.165) is 50.8 Å². The molecule has 0 aliphatic carbocycles. The van der Waals surface area contributed by atoms with Crippen molar-refractivity contribution < 1.29 is 9.47 Å². The molecular formula is C14H27N3O2. The van der Waals surface area contributed by atoms with E-state index in [1.54, 1.807) is 7.11 Å². The fraction of sp³-hybridized carbons (Fsp3) is 0.786.